The van der Waals surface area contributed by atoms with Crippen LogP contribution in [0.25, 0.3) is 0 Å². The molecular formula is C8H8B2N2. The summed E-state index contributed by atoms with van der Waals surface area (Å²) in [4.78, 5) is 0. The van der Waals surface area contributed by atoms with Crippen LogP contribution in [0.2, 0.25) is 0 Å². The Labute approximate surface area is 72.7 Å². The highest BCUT2D eigenvalue weighted by Crippen LogP contribution is 2.04. The van der Waals surface area contributed by atoms with Crippen molar-refractivity contribution in [1.29, 1.82) is 0 Å². The highest BCUT2D eigenvalue weighted by atomic mass is 15.0. The maximum absolute atomic E-state index is 4.15. The maximum Gasteiger partial charge on any atom is 0.356 e. The van der Waals surface area contributed by atoms with E-state index in [1.54, 1.807) is 0 Å². The van der Waals surface area contributed by atoms with Gasteiger partial charge in [-0.25, -0.2) is 0 Å². The van der Waals surface area contributed by atoms with Gasteiger partial charge in [-0.05, 0) is 0 Å². The molecule has 0 aromatic rings. The lowest BCUT2D eigenvalue weighted by Crippen LogP contribution is -2.03. The Morgan fingerprint density at radius 1 is 0.583 bits per heavy atom. The highest BCUT2D eigenvalue weighted by Gasteiger charge is 2.11. The van der Waals surface area contributed by atoms with Gasteiger partial charge in [0.25, 0.3) is 0 Å². The van der Waals surface area contributed by atoms with E-state index in [0.29, 0.717) is 0 Å². The number of rotatable bonds is 2. The molecule has 0 aliphatic carbocycles. The van der Waals surface area contributed by atoms with Crippen molar-refractivity contribution >= 4 is 13.7 Å². The van der Waals surface area contributed by atoms with Crippen LogP contribution in [0, 0.1) is 0 Å². The lowest BCUT2D eigenvalue weighted by Gasteiger charge is -1.91. The number of nitrogens with zero attached hydrogens (tertiary/aromatic N) is 2. The van der Waals surface area contributed by atoms with Crippen LogP contribution in [-0.4, -0.2) is 13.7 Å². The largest absolute Gasteiger partial charge is 0.356 e. The van der Waals surface area contributed by atoms with Gasteiger partial charge in [-0.15, -0.1) is 0 Å². The zero-order valence-electron chi connectivity index (χ0n) is 6.67. The van der Waals surface area contributed by atoms with Gasteiger partial charge in [0.1, 0.15) is 0 Å². The summed E-state index contributed by atoms with van der Waals surface area (Å²) < 4.78 is 0. The zero-order chi connectivity index (χ0) is 8.23. The molecule has 0 aromatic heterocycles. The molecular weight excluding hydrogens is 146 g/mol. The number of hydrogen-bond acceptors (Lipinski definition) is 2. The molecule has 12 heavy (non-hydrogen) atoms. The third kappa shape index (κ3) is 1.64. The van der Waals surface area contributed by atoms with E-state index in [4.69, 9.17) is 0 Å². The van der Waals surface area contributed by atoms with E-state index in [2.05, 4.69) is 10.1 Å². The molecule has 0 bridgehead atoms. The molecule has 0 N–H and O–H groups in total. The maximum atomic E-state index is 4.15. The number of hydrogen-bond donors (Lipinski definition) is 0. The van der Waals surface area contributed by atoms with Gasteiger partial charge in [0.05, 0.1) is 0 Å². The van der Waals surface area contributed by atoms with Crippen molar-refractivity contribution in [1.82, 2.24) is 0 Å². The normalized spacial score (nSPS) is 19.3. The third-order valence-corrected chi connectivity index (χ3v) is 1.79. The van der Waals surface area contributed by atoms with Gasteiger partial charge >= 0.3 is 13.7 Å². The van der Waals surface area contributed by atoms with Gasteiger partial charge < -0.3 is 0 Å². The van der Waals surface area contributed by atoms with Crippen molar-refractivity contribution in [2.24, 2.45) is 10.1 Å². The predicted molar refractivity (Wildman–Crippen MR) is 52.9 cm³/mol. The average molecular weight is 154 g/mol. The molecule has 56 valence electrons. The minimum Gasteiger partial charge on any atom is -0.261 e. The Bertz CT molecular complexity index is 248. The van der Waals surface area contributed by atoms with E-state index in [1.165, 1.54) is 0 Å². The first-order valence-electron chi connectivity index (χ1n) is 4.05. The first-order chi connectivity index (χ1) is 5.95. The third-order valence-electron chi connectivity index (χ3n) is 1.79. The fraction of sp³-hybridized carbons (Fsp3) is 0. The minimum atomic E-state index is 0.160. The molecule has 2 rings (SSSR count). The number of allylic oxidation sites excluding steroid dienone is 4. The van der Waals surface area contributed by atoms with Gasteiger partial charge in [0, 0.05) is 0 Å². The fourth-order valence-corrected chi connectivity index (χ4v) is 1.15. The van der Waals surface area contributed by atoms with Gasteiger partial charge in [0.2, 0.25) is 0 Å². The monoisotopic (exact) mass is 154 g/mol. The zero-order valence-corrected chi connectivity index (χ0v) is 6.67. The van der Waals surface area contributed by atoms with E-state index >= 15 is 0 Å². The second-order valence-corrected chi connectivity index (χ2v) is 2.75. The Balaban J connectivity index is 1.93. The van der Waals surface area contributed by atoms with E-state index < -0.39 is 0 Å². The molecule has 0 aromatic carbocycles. The summed E-state index contributed by atoms with van der Waals surface area (Å²) in [6.07, 6.45) is 7.96. The summed E-state index contributed by atoms with van der Waals surface area (Å²) >= 11 is 0. The van der Waals surface area contributed by atoms with Crippen molar-refractivity contribution < 1.29 is 0 Å². The average Bonchev–Trinajstić information content (AvgIpc) is 2.74. The molecule has 0 amide bonds. The van der Waals surface area contributed by atoms with Crippen molar-refractivity contribution in [2.45, 2.75) is 0 Å². The second-order valence-electron chi connectivity index (χ2n) is 2.75. The van der Waals surface area contributed by atoms with Gasteiger partial charge in [0.15, 0.2) is 0 Å². The van der Waals surface area contributed by atoms with Gasteiger partial charge in [-0.3, -0.25) is 10.1 Å². The molecule has 0 fully saturated rings. The molecule has 0 saturated carbocycles. The van der Waals surface area contributed by atoms with E-state index in [9.17, 15) is 0 Å². The Kier molecular flexibility index (Phi) is 2.08. The molecule has 0 spiro atoms. The summed E-state index contributed by atoms with van der Waals surface area (Å²) in [7, 11) is 0. The minimum absolute atomic E-state index is 0.160. The standard InChI is InChI=1S/C8H8B2N2/c1-2-6-9(5-1)11-12-10-7-3-4-8-10/h1-8H/b12-11+. The smallest absolute Gasteiger partial charge is 0.261 e. The SMILES string of the molecule is C1=CB(/N=N/B2C=CC=C2)C=C1. The van der Waals surface area contributed by atoms with Crippen LogP contribution in [0.3, 0.4) is 0 Å². The first-order valence-corrected chi connectivity index (χ1v) is 4.05. The van der Waals surface area contributed by atoms with Crippen LogP contribution >= 0.6 is 0 Å². The molecule has 4 heteroatoms. The van der Waals surface area contributed by atoms with Crippen molar-refractivity contribution in [3.63, 3.8) is 0 Å². The topological polar surface area (TPSA) is 24.7 Å². The van der Waals surface area contributed by atoms with Crippen LogP contribution in [0.15, 0.2) is 58.3 Å². The van der Waals surface area contributed by atoms with Crippen LogP contribution < -0.4 is 0 Å². The van der Waals surface area contributed by atoms with Crippen molar-refractivity contribution in [2.75, 3.05) is 0 Å². The van der Waals surface area contributed by atoms with Crippen LogP contribution in [-0.2, 0) is 0 Å². The molecule has 2 aliphatic heterocycles. The van der Waals surface area contributed by atoms with Gasteiger partial charge in [-0.1, -0.05) is 48.2 Å². The van der Waals surface area contributed by atoms with E-state index in [0.717, 1.165) is 0 Å². The molecule has 0 atom stereocenters. The Hall–Kier alpha value is -1.31. The van der Waals surface area contributed by atoms with Crippen molar-refractivity contribution in [3.05, 3.63) is 48.2 Å². The summed E-state index contributed by atoms with van der Waals surface area (Å²) in [6.45, 7) is 0.319. The molecule has 0 unspecified atom stereocenters. The lowest BCUT2D eigenvalue weighted by atomic mass is 9.64. The van der Waals surface area contributed by atoms with E-state index in [-0.39, 0.29) is 13.7 Å². The summed E-state index contributed by atoms with van der Waals surface area (Å²) in [5.41, 5.74) is 0. The predicted octanol–water partition coefficient (Wildman–Crippen LogP) is 1.83. The molecule has 2 heterocycles. The molecule has 0 radical (unpaired) electrons. The van der Waals surface area contributed by atoms with Crippen LogP contribution in [0.5, 0.6) is 0 Å². The Morgan fingerprint density at radius 3 is 1.25 bits per heavy atom. The molecule has 2 nitrogen and oxygen atoms in total. The second kappa shape index (κ2) is 3.39. The summed E-state index contributed by atoms with van der Waals surface area (Å²) in [5, 5.41) is 8.31. The van der Waals surface area contributed by atoms with Gasteiger partial charge in [-0.2, -0.15) is 0 Å². The molecule has 0 saturated heterocycles. The Morgan fingerprint density at radius 2 is 0.917 bits per heavy atom. The van der Waals surface area contributed by atoms with Crippen LogP contribution in [0.1, 0.15) is 0 Å². The first kappa shape index (κ1) is 7.34. The summed E-state index contributed by atoms with van der Waals surface area (Å²) in [5.74, 6) is 8.08. The highest BCUT2D eigenvalue weighted by molar-refractivity contribution is 6.71. The van der Waals surface area contributed by atoms with E-state index in [1.807, 2.05) is 48.2 Å². The molecule has 2 aliphatic rings. The summed E-state index contributed by atoms with van der Waals surface area (Å²) in [6, 6.07) is 0. The quantitative estimate of drug-likeness (QED) is 0.428. The lowest BCUT2D eigenvalue weighted by molar-refractivity contribution is 1.42. The fourth-order valence-electron chi connectivity index (χ4n) is 1.15. The van der Waals surface area contributed by atoms with Crippen molar-refractivity contribution in [3.8, 4) is 0 Å². The van der Waals surface area contributed by atoms with Crippen LogP contribution in [0.4, 0.5) is 0 Å².